The van der Waals surface area contributed by atoms with Crippen molar-refractivity contribution in [3.05, 3.63) is 96.1 Å². The van der Waals surface area contributed by atoms with Gasteiger partial charge in [-0.15, -0.1) is 0 Å². The van der Waals surface area contributed by atoms with Crippen LogP contribution in [0.1, 0.15) is 11.1 Å². The van der Waals surface area contributed by atoms with Crippen LogP contribution in [-0.4, -0.2) is 47.3 Å². The quantitative estimate of drug-likeness (QED) is 0.277. The van der Waals surface area contributed by atoms with Gasteiger partial charge in [0.15, 0.2) is 12.4 Å². The van der Waals surface area contributed by atoms with E-state index in [2.05, 4.69) is 22.6 Å². The molecular weight excluding hydrogens is 547 g/mol. The third-order valence-corrected chi connectivity index (χ3v) is 6.53. The second-order valence-electron chi connectivity index (χ2n) is 8.00. The minimum absolute atomic E-state index is 0.351. The molecule has 3 aromatic carbocycles. The smallest absolute Gasteiger partial charge is 0.195 e. The average molecular weight is 576 g/mol. The molecule has 1 heterocycles. The number of aliphatic hydroxyl groups is 1. The Morgan fingerprint density at radius 2 is 1.26 bits per heavy atom. The molecule has 3 aromatic rings. The van der Waals surface area contributed by atoms with Crippen molar-refractivity contribution in [2.45, 2.75) is 43.9 Å². The van der Waals surface area contributed by atoms with E-state index in [1.54, 1.807) is 19.2 Å². The fraction of sp³-hybridized carbons (Fsp3) is 0.333. The molecule has 1 saturated heterocycles. The van der Waals surface area contributed by atoms with Crippen molar-refractivity contribution in [3.8, 4) is 11.5 Å². The number of benzene rings is 3. The lowest BCUT2D eigenvalue weighted by Gasteiger charge is -2.44. The number of halogens is 1. The summed E-state index contributed by atoms with van der Waals surface area (Å²) in [7, 11) is 1.61. The Labute approximate surface area is 213 Å². The van der Waals surface area contributed by atoms with Gasteiger partial charge < -0.3 is 28.8 Å². The minimum Gasteiger partial charge on any atom is -0.497 e. The lowest BCUT2D eigenvalue weighted by Crippen LogP contribution is -2.61. The maximum Gasteiger partial charge on any atom is 0.195 e. The Bertz CT molecular complexity index is 985. The maximum atomic E-state index is 10.9. The van der Waals surface area contributed by atoms with E-state index in [1.807, 2.05) is 72.8 Å². The molecule has 34 heavy (non-hydrogen) atoms. The fourth-order valence-electron chi connectivity index (χ4n) is 3.88. The zero-order valence-corrected chi connectivity index (χ0v) is 21.1. The monoisotopic (exact) mass is 576 g/mol. The van der Waals surface area contributed by atoms with E-state index in [4.69, 9.17) is 23.7 Å². The van der Waals surface area contributed by atoms with E-state index in [-0.39, 0.29) is 6.10 Å². The number of ether oxygens (including phenoxy) is 5. The summed E-state index contributed by atoms with van der Waals surface area (Å²) in [6.45, 7) is 0.762. The molecule has 180 valence electrons. The van der Waals surface area contributed by atoms with Crippen LogP contribution in [-0.2, 0) is 27.4 Å². The number of hydrogen-bond acceptors (Lipinski definition) is 6. The van der Waals surface area contributed by atoms with E-state index < -0.39 is 24.6 Å². The summed E-state index contributed by atoms with van der Waals surface area (Å²) in [4.78, 5) is 0. The van der Waals surface area contributed by atoms with Crippen LogP contribution in [0.4, 0.5) is 0 Å². The zero-order chi connectivity index (χ0) is 23.8. The van der Waals surface area contributed by atoms with Crippen molar-refractivity contribution in [1.29, 1.82) is 0 Å². The Hall–Kier alpha value is -2.17. The first-order valence-corrected chi connectivity index (χ1v) is 12.7. The molecule has 0 radical (unpaired) electrons. The van der Waals surface area contributed by atoms with E-state index in [1.165, 1.54) is 0 Å². The van der Waals surface area contributed by atoms with Gasteiger partial charge in [-0.1, -0.05) is 83.3 Å². The molecule has 1 aliphatic rings. The van der Waals surface area contributed by atoms with Gasteiger partial charge in [-0.2, -0.15) is 0 Å². The summed E-state index contributed by atoms with van der Waals surface area (Å²) < 4.78 is 30.8. The molecule has 1 fully saturated rings. The largest absolute Gasteiger partial charge is 0.497 e. The molecule has 4 rings (SSSR count). The molecule has 0 spiro atoms. The molecule has 0 unspecified atom stereocenters. The second-order valence-corrected chi connectivity index (χ2v) is 8.88. The molecular formula is C27H29IO6. The summed E-state index contributed by atoms with van der Waals surface area (Å²) in [6, 6.07) is 27.1. The molecule has 0 saturated carbocycles. The molecule has 0 aromatic heterocycles. The highest BCUT2D eigenvalue weighted by Crippen LogP contribution is 2.31. The van der Waals surface area contributed by atoms with Gasteiger partial charge >= 0.3 is 0 Å². The van der Waals surface area contributed by atoms with Crippen LogP contribution < -0.4 is 9.47 Å². The number of methoxy groups -OCH3 is 1. The van der Waals surface area contributed by atoms with Gasteiger partial charge in [-0.25, -0.2) is 0 Å². The second kappa shape index (κ2) is 12.5. The molecule has 0 bridgehead atoms. The zero-order valence-electron chi connectivity index (χ0n) is 19.0. The average Bonchev–Trinajstić information content (AvgIpc) is 2.89. The molecule has 0 aliphatic carbocycles. The first-order chi connectivity index (χ1) is 16.7. The summed E-state index contributed by atoms with van der Waals surface area (Å²) >= 11 is 2.25. The number of aliphatic hydroxyl groups excluding tert-OH is 1. The van der Waals surface area contributed by atoms with Crippen molar-refractivity contribution in [2.24, 2.45) is 0 Å². The Morgan fingerprint density at radius 1 is 0.735 bits per heavy atom. The van der Waals surface area contributed by atoms with Crippen LogP contribution in [0.3, 0.4) is 0 Å². The number of hydrogen-bond donors (Lipinski definition) is 1. The van der Waals surface area contributed by atoms with Crippen molar-refractivity contribution < 1.29 is 28.8 Å². The molecule has 5 atom stereocenters. The molecule has 7 heteroatoms. The highest BCUT2D eigenvalue weighted by molar-refractivity contribution is 14.1. The first kappa shape index (κ1) is 24.9. The van der Waals surface area contributed by atoms with Crippen LogP contribution in [0, 0.1) is 0 Å². The third kappa shape index (κ3) is 6.49. The van der Waals surface area contributed by atoms with Crippen LogP contribution >= 0.6 is 22.6 Å². The number of rotatable bonds is 10. The molecule has 1 aliphatic heterocycles. The van der Waals surface area contributed by atoms with Crippen LogP contribution in [0.15, 0.2) is 84.9 Å². The Morgan fingerprint density at radius 3 is 1.79 bits per heavy atom. The Kier molecular flexibility index (Phi) is 9.18. The summed E-state index contributed by atoms with van der Waals surface area (Å²) in [6.07, 6.45) is -3.30. The summed E-state index contributed by atoms with van der Waals surface area (Å²) in [5, 5.41) is 10.9. The van der Waals surface area contributed by atoms with Crippen molar-refractivity contribution in [2.75, 3.05) is 11.5 Å². The SMILES string of the molecule is COc1ccc(O[C@@H]2[C@@H](OCc3ccccc3)[C@H](OCc3ccccc3)[C@@H](CI)O[C@@H]2O)cc1. The minimum atomic E-state index is -1.17. The van der Waals surface area contributed by atoms with Gasteiger partial charge in [-0.3, -0.25) is 0 Å². The van der Waals surface area contributed by atoms with Gasteiger partial charge in [0, 0.05) is 4.43 Å². The predicted octanol–water partition coefficient (Wildman–Crippen LogP) is 4.77. The highest BCUT2D eigenvalue weighted by Gasteiger charge is 2.48. The molecule has 1 N–H and O–H groups in total. The molecule has 6 nitrogen and oxygen atoms in total. The van der Waals surface area contributed by atoms with Crippen molar-refractivity contribution in [1.82, 2.24) is 0 Å². The lowest BCUT2D eigenvalue weighted by atomic mass is 9.98. The van der Waals surface area contributed by atoms with Gasteiger partial charge in [0.05, 0.1) is 26.4 Å². The van der Waals surface area contributed by atoms with Crippen LogP contribution in [0.2, 0.25) is 0 Å². The molecule has 0 amide bonds. The highest BCUT2D eigenvalue weighted by atomic mass is 127. The Balaban J connectivity index is 1.57. The van der Waals surface area contributed by atoms with Crippen molar-refractivity contribution in [3.63, 3.8) is 0 Å². The summed E-state index contributed by atoms with van der Waals surface area (Å²) in [5.74, 6) is 1.30. The lowest BCUT2D eigenvalue weighted by molar-refractivity contribution is -0.289. The van der Waals surface area contributed by atoms with E-state index in [9.17, 15) is 5.11 Å². The standard InChI is InChI=1S/C27H29IO6/c1-30-21-12-14-22(15-13-21)33-26-25(32-18-20-10-6-3-7-11-20)24(23(16-28)34-27(26)29)31-17-19-8-4-2-5-9-19/h2-15,23-27,29H,16-18H2,1H3/t23-,24-,25+,26-,27+/m1/s1. The predicted molar refractivity (Wildman–Crippen MR) is 137 cm³/mol. The number of alkyl halides is 1. The topological polar surface area (TPSA) is 66.4 Å². The summed E-state index contributed by atoms with van der Waals surface area (Å²) in [5.41, 5.74) is 2.08. The van der Waals surface area contributed by atoms with Gasteiger partial charge in [0.2, 0.25) is 0 Å². The third-order valence-electron chi connectivity index (χ3n) is 5.66. The van der Waals surface area contributed by atoms with Crippen molar-refractivity contribution >= 4 is 22.6 Å². The van der Waals surface area contributed by atoms with Gasteiger partial charge in [0.1, 0.15) is 23.7 Å². The van der Waals surface area contributed by atoms with E-state index in [0.717, 1.165) is 16.9 Å². The first-order valence-electron chi connectivity index (χ1n) is 11.2. The normalized spacial score (nSPS) is 24.5. The van der Waals surface area contributed by atoms with Crippen LogP contribution in [0.5, 0.6) is 11.5 Å². The van der Waals surface area contributed by atoms with E-state index >= 15 is 0 Å². The van der Waals surface area contributed by atoms with Gasteiger partial charge in [0.25, 0.3) is 0 Å². The van der Waals surface area contributed by atoms with Gasteiger partial charge in [-0.05, 0) is 35.4 Å². The van der Waals surface area contributed by atoms with Crippen LogP contribution in [0.25, 0.3) is 0 Å². The maximum absolute atomic E-state index is 10.9. The fourth-order valence-corrected chi connectivity index (χ4v) is 4.59. The van der Waals surface area contributed by atoms with E-state index in [0.29, 0.717) is 23.4 Å².